The summed E-state index contributed by atoms with van der Waals surface area (Å²) in [7, 11) is 0. The Labute approximate surface area is 116 Å². The third-order valence-electron chi connectivity index (χ3n) is 2.41. The highest BCUT2D eigenvalue weighted by molar-refractivity contribution is 6.43. The second-order valence-electron chi connectivity index (χ2n) is 3.87. The largest absolute Gasteiger partial charge is 0.316 e. The molecule has 8 heteroatoms. The summed E-state index contributed by atoms with van der Waals surface area (Å²) in [5.74, 6) is -7.06. The average molecular weight is 295 g/mol. The van der Waals surface area contributed by atoms with Crippen molar-refractivity contribution in [2.75, 3.05) is 10.6 Å². The van der Waals surface area contributed by atoms with E-state index < -0.39 is 35.0 Å². The van der Waals surface area contributed by atoms with E-state index in [-0.39, 0.29) is 5.69 Å². The number of hydrogen-bond donors (Lipinski definition) is 2. The van der Waals surface area contributed by atoms with Crippen molar-refractivity contribution in [3.63, 3.8) is 0 Å². The standard InChI is InChI=1S/C13H8F3N3O2/c14-8-3-4-9(11(16)10(8)15)19-13(21)12(20)18-7-2-1-5-17-6-7/h1-6H,(H,18,20)(H,19,21). The van der Waals surface area contributed by atoms with Crippen LogP contribution in [0, 0.1) is 17.5 Å². The van der Waals surface area contributed by atoms with Gasteiger partial charge in [0.2, 0.25) is 0 Å². The van der Waals surface area contributed by atoms with Gasteiger partial charge >= 0.3 is 11.8 Å². The van der Waals surface area contributed by atoms with Crippen LogP contribution in [-0.2, 0) is 9.59 Å². The van der Waals surface area contributed by atoms with Crippen molar-refractivity contribution in [3.05, 3.63) is 54.1 Å². The van der Waals surface area contributed by atoms with E-state index in [0.29, 0.717) is 6.07 Å². The lowest BCUT2D eigenvalue weighted by Gasteiger charge is -2.07. The van der Waals surface area contributed by atoms with Gasteiger partial charge in [-0.25, -0.2) is 13.2 Å². The fourth-order valence-electron chi connectivity index (χ4n) is 1.43. The van der Waals surface area contributed by atoms with Crippen molar-refractivity contribution in [2.45, 2.75) is 0 Å². The third kappa shape index (κ3) is 3.35. The van der Waals surface area contributed by atoms with E-state index >= 15 is 0 Å². The average Bonchev–Trinajstić information content (AvgIpc) is 2.48. The van der Waals surface area contributed by atoms with Crippen LogP contribution in [0.25, 0.3) is 0 Å². The van der Waals surface area contributed by atoms with Gasteiger partial charge in [0.15, 0.2) is 17.5 Å². The molecule has 0 fully saturated rings. The molecule has 5 nitrogen and oxygen atoms in total. The van der Waals surface area contributed by atoms with Crippen LogP contribution < -0.4 is 10.6 Å². The van der Waals surface area contributed by atoms with Gasteiger partial charge in [-0.15, -0.1) is 0 Å². The predicted molar refractivity (Wildman–Crippen MR) is 67.8 cm³/mol. The summed E-state index contributed by atoms with van der Waals surface area (Å²) >= 11 is 0. The summed E-state index contributed by atoms with van der Waals surface area (Å²) in [6.07, 6.45) is 2.76. The summed E-state index contributed by atoms with van der Waals surface area (Å²) in [5.41, 5.74) is -0.386. The molecule has 0 saturated carbocycles. The third-order valence-corrected chi connectivity index (χ3v) is 2.41. The molecule has 1 aromatic carbocycles. The van der Waals surface area contributed by atoms with Crippen molar-refractivity contribution in [2.24, 2.45) is 0 Å². The predicted octanol–water partition coefficient (Wildman–Crippen LogP) is 2.08. The van der Waals surface area contributed by atoms with Crippen LogP contribution in [0.1, 0.15) is 0 Å². The summed E-state index contributed by atoms with van der Waals surface area (Å²) < 4.78 is 39.1. The smallest absolute Gasteiger partial charge is 0.314 e. The van der Waals surface area contributed by atoms with E-state index in [2.05, 4.69) is 10.3 Å². The second kappa shape index (κ2) is 6.04. The highest BCUT2D eigenvalue weighted by Gasteiger charge is 2.19. The quantitative estimate of drug-likeness (QED) is 0.658. The van der Waals surface area contributed by atoms with E-state index in [1.807, 2.05) is 5.32 Å². The molecule has 1 heterocycles. The van der Waals surface area contributed by atoms with Gasteiger partial charge in [0.25, 0.3) is 0 Å². The molecular formula is C13H8F3N3O2. The Morgan fingerprint density at radius 2 is 1.67 bits per heavy atom. The molecule has 21 heavy (non-hydrogen) atoms. The van der Waals surface area contributed by atoms with Crippen LogP contribution in [0.2, 0.25) is 0 Å². The minimum absolute atomic E-state index is 0.253. The Hall–Kier alpha value is -2.90. The van der Waals surface area contributed by atoms with Gasteiger partial charge in [-0.05, 0) is 24.3 Å². The first kappa shape index (κ1) is 14.5. The molecule has 2 aromatic rings. The lowest BCUT2D eigenvalue weighted by Crippen LogP contribution is -2.29. The molecule has 0 unspecified atom stereocenters. The number of pyridine rings is 1. The Kier molecular flexibility index (Phi) is 4.17. The summed E-state index contributed by atoms with van der Waals surface area (Å²) in [6, 6.07) is 4.45. The van der Waals surface area contributed by atoms with Crippen molar-refractivity contribution < 1.29 is 22.8 Å². The first-order chi connectivity index (χ1) is 9.99. The van der Waals surface area contributed by atoms with Gasteiger partial charge in [0.1, 0.15) is 0 Å². The number of nitrogens with one attached hydrogen (secondary N) is 2. The van der Waals surface area contributed by atoms with Gasteiger partial charge in [-0.2, -0.15) is 0 Å². The number of hydrogen-bond acceptors (Lipinski definition) is 3. The molecular weight excluding hydrogens is 287 g/mol. The van der Waals surface area contributed by atoms with E-state index in [1.165, 1.54) is 24.5 Å². The van der Waals surface area contributed by atoms with Crippen LogP contribution >= 0.6 is 0 Å². The van der Waals surface area contributed by atoms with E-state index in [9.17, 15) is 22.8 Å². The summed E-state index contributed by atoms with van der Waals surface area (Å²) in [4.78, 5) is 26.8. The Morgan fingerprint density at radius 3 is 2.33 bits per heavy atom. The number of halogens is 3. The first-order valence-electron chi connectivity index (χ1n) is 5.65. The molecule has 0 aliphatic rings. The van der Waals surface area contributed by atoms with Gasteiger partial charge in [0, 0.05) is 6.20 Å². The first-order valence-corrected chi connectivity index (χ1v) is 5.65. The lowest BCUT2D eigenvalue weighted by molar-refractivity contribution is -0.133. The molecule has 0 aliphatic heterocycles. The molecule has 0 bridgehead atoms. The molecule has 2 N–H and O–H groups in total. The van der Waals surface area contributed by atoms with Gasteiger partial charge < -0.3 is 10.6 Å². The number of benzene rings is 1. The normalized spacial score (nSPS) is 10.0. The minimum atomic E-state index is -1.74. The topological polar surface area (TPSA) is 71.1 Å². The number of rotatable bonds is 2. The molecule has 2 rings (SSSR count). The maximum absolute atomic E-state index is 13.3. The number of carbonyl (C=O) groups excluding carboxylic acids is 2. The van der Waals surface area contributed by atoms with Gasteiger partial charge in [-0.1, -0.05) is 0 Å². The molecule has 0 atom stereocenters. The maximum Gasteiger partial charge on any atom is 0.314 e. The molecule has 0 saturated heterocycles. The maximum atomic E-state index is 13.3. The van der Waals surface area contributed by atoms with Crippen molar-refractivity contribution >= 4 is 23.2 Å². The fourth-order valence-corrected chi connectivity index (χ4v) is 1.43. The number of amides is 2. The summed E-state index contributed by atoms with van der Waals surface area (Å²) in [6.45, 7) is 0. The van der Waals surface area contributed by atoms with Gasteiger partial charge in [0.05, 0.1) is 17.6 Å². The molecule has 1 aromatic heterocycles. The van der Waals surface area contributed by atoms with E-state index in [1.54, 1.807) is 0 Å². The molecule has 108 valence electrons. The SMILES string of the molecule is O=C(Nc1cccnc1)C(=O)Nc1ccc(F)c(F)c1F. The Balaban J connectivity index is 2.08. The second-order valence-corrected chi connectivity index (χ2v) is 3.87. The Morgan fingerprint density at radius 1 is 0.952 bits per heavy atom. The minimum Gasteiger partial charge on any atom is -0.316 e. The van der Waals surface area contributed by atoms with E-state index in [0.717, 1.165) is 6.07 Å². The monoisotopic (exact) mass is 295 g/mol. The van der Waals surface area contributed by atoms with Crippen molar-refractivity contribution in [1.82, 2.24) is 4.98 Å². The summed E-state index contributed by atoms with van der Waals surface area (Å²) in [5, 5.41) is 4.05. The Bertz CT molecular complexity index is 693. The number of aromatic nitrogens is 1. The molecule has 0 aliphatic carbocycles. The van der Waals surface area contributed by atoms with Crippen LogP contribution in [0.5, 0.6) is 0 Å². The van der Waals surface area contributed by atoms with Crippen LogP contribution in [-0.4, -0.2) is 16.8 Å². The zero-order chi connectivity index (χ0) is 15.4. The molecule has 0 radical (unpaired) electrons. The number of nitrogens with zero attached hydrogens (tertiary/aromatic N) is 1. The zero-order valence-corrected chi connectivity index (χ0v) is 10.4. The highest BCUT2D eigenvalue weighted by atomic mass is 19.2. The number of carbonyl (C=O) groups is 2. The van der Waals surface area contributed by atoms with Gasteiger partial charge in [-0.3, -0.25) is 14.6 Å². The van der Waals surface area contributed by atoms with Crippen LogP contribution in [0.4, 0.5) is 24.5 Å². The molecule has 2 amide bonds. The van der Waals surface area contributed by atoms with E-state index in [4.69, 9.17) is 0 Å². The zero-order valence-electron chi connectivity index (χ0n) is 10.4. The lowest BCUT2D eigenvalue weighted by atomic mass is 10.2. The fraction of sp³-hybridized carbons (Fsp3) is 0. The number of anilines is 2. The van der Waals surface area contributed by atoms with Crippen molar-refractivity contribution in [1.29, 1.82) is 0 Å². The highest BCUT2D eigenvalue weighted by Crippen LogP contribution is 2.19. The molecule has 0 spiro atoms. The van der Waals surface area contributed by atoms with Crippen LogP contribution in [0.3, 0.4) is 0 Å². The van der Waals surface area contributed by atoms with Crippen LogP contribution in [0.15, 0.2) is 36.7 Å². The van der Waals surface area contributed by atoms with Crippen molar-refractivity contribution in [3.8, 4) is 0 Å².